The van der Waals surface area contributed by atoms with Crippen molar-refractivity contribution in [2.75, 3.05) is 6.54 Å². The number of carbonyl (C=O) groups is 1. The first-order valence-electron chi connectivity index (χ1n) is 9.07. The number of hydrogen-bond acceptors (Lipinski definition) is 3. The van der Waals surface area contributed by atoms with E-state index in [9.17, 15) is 4.79 Å². The van der Waals surface area contributed by atoms with E-state index in [1.54, 1.807) is 0 Å². The lowest BCUT2D eigenvalue weighted by atomic mass is 9.68. The molecule has 5 rings (SSSR count). The summed E-state index contributed by atoms with van der Waals surface area (Å²) in [6, 6.07) is 21.5. The van der Waals surface area contributed by atoms with Gasteiger partial charge >= 0.3 is 0 Å². The smallest absolute Gasteiger partial charge is 0.223 e. The van der Waals surface area contributed by atoms with Gasteiger partial charge < -0.3 is 11.5 Å². The van der Waals surface area contributed by atoms with Crippen LogP contribution >= 0.6 is 0 Å². The van der Waals surface area contributed by atoms with Crippen molar-refractivity contribution in [2.24, 2.45) is 23.3 Å². The molecule has 4 heteroatoms. The average molecular weight is 335 g/mol. The summed E-state index contributed by atoms with van der Waals surface area (Å²) in [4.78, 5) is 14.2. The zero-order valence-electron chi connectivity index (χ0n) is 14.3. The van der Waals surface area contributed by atoms with Gasteiger partial charge in [0.15, 0.2) is 0 Å². The number of nitrogens with two attached hydrogens (primary N) is 2. The Bertz CT molecular complexity index is 692. The Morgan fingerprint density at radius 3 is 2.04 bits per heavy atom. The molecule has 1 amide bonds. The van der Waals surface area contributed by atoms with Crippen LogP contribution in [0, 0.1) is 11.8 Å². The monoisotopic (exact) mass is 335 g/mol. The maximum absolute atomic E-state index is 11.9. The number of benzene rings is 2. The Morgan fingerprint density at radius 1 is 1.00 bits per heavy atom. The number of rotatable bonds is 4. The van der Waals surface area contributed by atoms with Gasteiger partial charge in [-0.3, -0.25) is 9.69 Å². The number of carbonyl (C=O) groups excluding carboxylic acids is 1. The van der Waals surface area contributed by atoms with E-state index in [4.69, 9.17) is 11.5 Å². The fourth-order valence-corrected chi connectivity index (χ4v) is 4.91. The molecule has 4 N–H and O–H groups in total. The summed E-state index contributed by atoms with van der Waals surface area (Å²) in [5, 5.41) is 0. The number of piperidine rings is 3. The first-order valence-corrected chi connectivity index (χ1v) is 9.07. The van der Waals surface area contributed by atoms with E-state index in [1.807, 2.05) is 12.1 Å². The summed E-state index contributed by atoms with van der Waals surface area (Å²) in [6.45, 7) is 0.941. The third kappa shape index (κ3) is 2.86. The van der Waals surface area contributed by atoms with Crippen molar-refractivity contribution in [2.45, 2.75) is 31.0 Å². The molecule has 130 valence electrons. The predicted octanol–water partition coefficient (Wildman–Crippen LogP) is 2.30. The molecule has 25 heavy (non-hydrogen) atoms. The first-order chi connectivity index (χ1) is 12.2. The van der Waals surface area contributed by atoms with Gasteiger partial charge in [0.05, 0.1) is 12.1 Å². The van der Waals surface area contributed by atoms with Gasteiger partial charge in [-0.1, -0.05) is 60.7 Å². The van der Waals surface area contributed by atoms with Crippen LogP contribution in [-0.4, -0.2) is 29.6 Å². The summed E-state index contributed by atoms with van der Waals surface area (Å²) >= 11 is 0. The normalized spacial score (nSPS) is 31.2. The third-order valence-electron chi connectivity index (χ3n) is 6.02. The lowest BCUT2D eigenvalue weighted by molar-refractivity contribution is -0.135. The predicted molar refractivity (Wildman–Crippen MR) is 98.6 cm³/mol. The second-order valence-electron chi connectivity index (χ2n) is 7.31. The zero-order chi connectivity index (χ0) is 17.4. The molecule has 5 atom stereocenters. The molecule has 0 spiro atoms. The highest BCUT2D eigenvalue weighted by molar-refractivity contribution is 5.78. The van der Waals surface area contributed by atoms with Crippen LogP contribution in [0.3, 0.4) is 0 Å². The lowest BCUT2D eigenvalue weighted by Crippen LogP contribution is -2.66. The number of hydrogen-bond donors (Lipinski definition) is 2. The van der Waals surface area contributed by atoms with Crippen LogP contribution in [0.4, 0.5) is 0 Å². The Hall–Kier alpha value is -2.17. The van der Waals surface area contributed by atoms with Gasteiger partial charge in [0.25, 0.3) is 0 Å². The van der Waals surface area contributed by atoms with Crippen LogP contribution in [0.5, 0.6) is 0 Å². The molecule has 5 unspecified atom stereocenters. The summed E-state index contributed by atoms with van der Waals surface area (Å²) in [5.74, 6) is 0.0660. The van der Waals surface area contributed by atoms with Crippen molar-refractivity contribution in [3.05, 3.63) is 71.8 Å². The van der Waals surface area contributed by atoms with Gasteiger partial charge in [-0.05, 0) is 29.9 Å². The molecule has 0 saturated carbocycles. The maximum atomic E-state index is 11.9. The van der Waals surface area contributed by atoms with E-state index >= 15 is 0 Å². The molecule has 3 saturated heterocycles. The van der Waals surface area contributed by atoms with Gasteiger partial charge in [0.2, 0.25) is 5.91 Å². The Labute approximate surface area is 148 Å². The molecule has 2 bridgehead atoms. The minimum Gasteiger partial charge on any atom is -0.369 e. The van der Waals surface area contributed by atoms with Crippen LogP contribution in [0.2, 0.25) is 0 Å². The molecule has 3 aliphatic rings. The second kappa shape index (κ2) is 6.62. The maximum Gasteiger partial charge on any atom is 0.223 e. The fraction of sp³-hybridized carbons (Fsp3) is 0.381. The van der Waals surface area contributed by atoms with Crippen LogP contribution in [0.1, 0.15) is 29.9 Å². The molecule has 4 nitrogen and oxygen atoms in total. The Kier molecular flexibility index (Phi) is 4.32. The minimum absolute atomic E-state index is 0.225. The number of primary amides is 1. The van der Waals surface area contributed by atoms with Crippen LogP contribution in [-0.2, 0) is 4.79 Å². The summed E-state index contributed by atoms with van der Waals surface area (Å²) in [6.07, 6.45) is 1.70. The van der Waals surface area contributed by atoms with Crippen molar-refractivity contribution in [1.29, 1.82) is 0 Å². The molecule has 3 aliphatic heterocycles. The third-order valence-corrected chi connectivity index (χ3v) is 6.02. The van der Waals surface area contributed by atoms with Crippen molar-refractivity contribution < 1.29 is 4.79 Å². The molecule has 0 aromatic heterocycles. The number of amides is 1. The van der Waals surface area contributed by atoms with Gasteiger partial charge in [-0.2, -0.15) is 0 Å². The fourth-order valence-electron chi connectivity index (χ4n) is 4.91. The number of fused-ring (bicyclic) bond motifs is 3. The zero-order valence-corrected chi connectivity index (χ0v) is 14.3. The lowest BCUT2D eigenvalue weighted by Gasteiger charge is -2.55. The van der Waals surface area contributed by atoms with Crippen molar-refractivity contribution in [1.82, 2.24) is 4.90 Å². The van der Waals surface area contributed by atoms with Crippen molar-refractivity contribution >= 4 is 5.91 Å². The van der Waals surface area contributed by atoms with E-state index in [2.05, 4.69) is 53.4 Å². The largest absolute Gasteiger partial charge is 0.369 e. The molecular weight excluding hydrogens is 310 g/mol. The highest BCUT2D eigenvalue weighted by Crippen LogP contribution is 2.45. The molecule has 2 aromatic rings. The van der Waals surface area contributed by atoms with Crippen molar-refractivity contribution in [3.8, 4) is 0 Å². The first kappa shape index (κ1) is 16.3. The molecule has 3 heterocycles. The SMILES string of the molecule is NC(=O)C1C2CCN(C1N)C(C(c1ccccc1)c1ccccc1)C2. The van der Waals surface area contributed by atoms with E-state index in [0.29, 0.717) is 6.04 Å². The Morgan fingerprint density at radius 2 is 1.56 bits per heavy atom. The molecule has 3 fully saturated rings. The molecule has 0 radical (unpaired) electrons. The molecular formula is C21H25N3O. The highest BCUT2D eigenvalue weighted by Gasteiger charge is 2.50. The van der Waals surface area contributed by atoms with E-state index < -0.39 is 0 Å². The van der Waals surface area contributed by atoms with Crippen molar-refractivity contribution in [3.63, 3.8) is 0 Å². The topological polar surface area (TPSA) is 72.4 Å². The van der Waals surface area contributed by atoms with Crippen LogP contribution < -0.4 is 11.5 Å². The summed E-state index contributed by atoms with van der Waals surface area (Å²) in [5.41, 5.74) is 14.7. The molecule has 2 aromatic carbocycles. The quantitative estimate of drug-likeness (QED) is 0.900. The van der Waals surface area contributed by atoms with Crippen LogP contribution in [0.25, 0.3) is 0 Å². The second-order valence-corrected chi connectivity index (χ2v) is 7.31. The van der Waals surface area contributed by atoms with E-state index in [1.165, 1.54) is 11.1 Å². The van der Waals surface area contributed by atoms with E-state index in [0.717, 1.165) is 19.4 Å². The van der Waals surface area contributed by atoms with Crippen LogP contribution in [0.15, 0.2) is 60.7 Å². The summed E-state index contributed by atoms with van der Waals surface area (Å²) in [7, 11) is 0. The summed E-state index contributed by atoms with van der Waals surface area (Å²) < 4.78 is 0. The minimum atomic E-state index is -0.273. The highest BCUT2D eigenvalue weighted by atomic mass is 16.1. The van der Waals surface area contributed by atoms with Gasteiger partial charge in [-0.25, -0.2) is 0 Å². The average Bonchev–Trinajstić information content (AvgIpc) is 2.64. The Balaban J connectivity index is 1.73. The number of nitrogens with zero attached hydrogens (tertiary/aromatic N) is 1. The molecule has 0 aliphatic carbocycles. The van der Waals surface area contributed by atoms with Gasteiger partial charge in [0, 0.05) is 18.5 Å². The van der Waals surface area contributed by atoms with Gasteiger partial charge in [0.1, 0.15) is 0 Å². The van der Waals surface area contributed by atoms with E-state index in [-0.39, 0.29) is 29.8 Å². The van der Waals surface area contributed by atoms with Gasteiger partial charge in [-0.15, -0.1) is 0 Å². The standard InChI is InChI=1S/C21H25N3O/c22-20-19(21(23)25)16-11-12-24(20)17(13-16)18(14-7-3-1-4-8-14)15-9-5-2-6-10-15/h1-10,16-20H,11-13,22H2,(H2,23,25).